The molecule has 0 aliphatic carbocycles. The number of benzene rings is 1. The number of esters is 1. The van der Waals surface area contributed by atoms with E-state index in [0.29, 0.717) is 5.56 Å². The minimum Gasteiger partial charge on any atom is -0.459 e. The highest BCUT2D eigenvalue weighted by Crippen LogP contribution is 2.10. The number of hydrogen-bond acceptors (Lipinski definition) is 7. The van der Waals surface area contributed by atoms with E-state index < -0.39 is 34.2 Å². The third-order valence-corrected chi connectivity index (χ3v) is 3.84. The van der Waals surface area contributed by atoms with Crippen LogP contribution >= 0.6 is 0 Å². The standard InChI is InChI=1S/C16H16N2O7S/c1-26(22,23)10-11-4-2-5-12(8-11)16(21)25-9-14(19)17-18-15(20)13-6-3-7-24-13/h2-8H,9-10H2,1H3,(H,17,19)(H,18,20). The fraction of sp³-hybridized carbons (Fsp3) is 0.188. The Balaban J connectivity index is 1.83. The van der Waals surface area contributed by atoms with Gasteiger partial charge in [-0.2, -0.15) is 0 Å². The highest BCUT2D eigenvalue weighted by molar-refractivity contribution is 7.89. The van der Waals surface area contributed by atoms with Crippen molar-refractivity contribution in [3.63, 3.8) is 0 Å². The molecule has 2 amide bonds. The molecule has 138 valence electrons. The van der Waals surface area contributed by atoms with E-state index in [2.05, 4.69) is 10.9 Å². The lowest BCUT2D eigenvalue weighted by Gasteiger charge is -2.08. The van der Waals surface area contributed by atoms with Crippen molar-refractivity contribution in [1.29, 1.82) is 0 Å². The summed E-state index contributed by atoms with van der Waals surface area (Å²) in [7, 11) is -3.24. The zero-order valence-corrected chi connectivity index (χ0v) is 14.5. The summed E-state index contributed by atoms with van der Waals surface area (Å²) >= 11 is 0. The number of sulfone groups is 1. The van der Waals surface area contributed by atoms with Gasteiger partial charge in [0.1, 0.15) is 0 Å². The third-order valence-electron chi connectivity index (χ3n) is 2.99. The molecule has 1 aromatic carbocycles. The fourth-order valence-corrected chi connectivity index (χ4v) is 2.72. The van der Waals surface area contributed by atoms with Crippen molar-refractivity contribution in [2.24, 2.45) is 0 Å². The number of amides is 2. The molecular weight excluding hydrogens is 364 g/mol. The number of hydrazine groups is 1. The summed E-state index contributed by atoms with van der Waals surface area (Å²) in [5.41, 5.74) is 4.70. The topological polar surface area (TPSA) is 132 Å². The summed E-state index contributed by atoms with van der Waals surface area (Å²) in [4.78, 5) is 35.1. The van der Waals surface area contributed by atoms with E-state index in [1.165, 1.54) is 36.6 Å². The van der Waals surface area contributed by atoms with E-state index in [1.54, 1.807) is 6.07 Å². The largest absolute Gasteiger partial charge is 0.459 e. The van der Waals surface area contributed by atoms with Crippen LogP contribution in [-0.2, 0) is 25.1 Å². The molecule has 2 N–H and O–H groups in total. The number of carbonyl (C=O) groups excluding carboxylic acids is 3. The van der Waals surface area contributed by atoms with Crippen molar-refractivity contribution in [2.45, 2.75) is 5.75 Å². The van der Waals surface area contributed by atoms with Gasteiger partial charge in [0.15, 0.2) is 22.2 Å². The van der Waals surface area contributed by atoms with Crippen LogP contribution in [0, 0.1) is 0 Å². The first-order valence-electron chi connectivity index (χ1n) is 7.31. The summed E-state index contributed by atoms with van der Waals surface area (Å²) in [5, 5.41) is 0. The van der Waals surface area contributed by atoms with Gasteiger partial charge in [-0.05, 0) is 29.8 Å². The lowest BCUT2D eigenvalue weighted by atomic mass is 10.1. The van der Waals surface area contributed by atoms with Crippen LogP contribution in [0.25, 0.3) is 0 Å². The van der Waals surface area contributed by atoms with Crippen molar-refractivity contribution in [3.05, 3.63) is 59.5 Å². The number of nitrogens with one attached hydrogen (secondary N) is 2. The Kier molecular flexibility index (Phi) is 6.12. The van der Waals surface area contributed by atoms with Crippen LogP contribution in [0.3, 0.4) is 0 Å². The van der Waals surface area contributed by atoms with Crippen LogP contribution in [0.15, 0.2) is 47.1 Å². The van der Waals surface area contributed by atoms with Crippen LogP contribution in [0.4, 0.5) is 0 Å². The second kappa shape index (κ2) is 8.30. The smallest absolute Gasteiger partial charge is 0.338 e. The second-order valence-corrected chi connectivity index (χ2v) is 7.47. The maximum Gasteiger partial charge on any atom is 0.338 e. The molecule has 0 bridgehead atoms. The summed E-state index contributed by atoms with van der Waals surface area (Å²) < 4.78 is 32.3. The van der Waals surface area contributed by atoms with Crippen LogP contribution < -0.4 is 10.9 Å². The Morgan fingerprint density at radius 3 is 2.54 bits per heavy atom. The highest BCUT2D eigenvalue weighted by atomic mass is 32.2. The Morgan fingerprint density at radius 1 is 1.12 bits per heavy atom. The first-order chi connectivity index (χ1) is 12.2. The number of carbonyl (C=O) groups is 3. The molecule has 0 saturated carbocycles. The number of ether oxygens (including phenoxy) is 1. The van der Waals surface area contributed by atoms with Gasteiger partial charge in [-0.3, -0.25) is 20.4 Å². The van der Waals surface area contributed by atoms with Gasteiger partial charge in [0, 0.05) is 6.26 Å². The van der Waals surface area contributed by atoms with Gasteiger partial charge in [-0.15, -0.1) is 0 Å². The molecule has 0 aliphatic heterocycles. The van der Waals surface area contributed by atoms with Crippen molar-refractivity contribution in [2.75, 3.05) is 12.9 Å². The van der Waals surface area contributed by atoms with E-state index in [-0.39, 0.29) is 17.1 Å². The van der Waals surface area contributed by atoms with E-state index in [9.17, 15) is 22.8 Å². The molecule has 9 nitrogen and oxygen atoms in total. The van der Waals surface area contributed by atoms with Crippen LogP contribution in [-0.4, -0.2) is 39.1 Å². The normalized spacial score (nSPS) is 10.8. The van der Waals surface area contributed by atoms with Crippen molar-refractivity contribution in [1.82, 2.24) is 10.9 Å². The fourth-order valence-electron chi connectivity index (χ4n) is 1.94. The SMILES string of the molecule is CS(=O)(=O)Cc1cccc(C(=O)OCC(=O)NNC(=O)c2ccco2)c1. The number of furan rings is 1. The predicted octanol–water partition coefficient (Wildman–Crippen LogP) is 0.442. The summed E-state index contributed by atoms with van der Waals surface area (Å²) in [6.45, 7) is -0.631. The summed E-state index contributed by atoms with van der Waals surface area (Å²) in [5.74, 6) is -2.43. The molecule has 0 spiro atoms. The molecule has 0 atom stereocenters. The molecule has 0 saturated heterocycles. The van der Waals surface area contributed by atoms with Crippen molar-refractivity contribution in [3.8, 4) is 0 Å². The molecule has 0 aliphatic rings. The van der Waals surface area contributed by atoms with Gasteiger partial charge in [-0.1, -0.05) is 12.1 Å². The number of hydrogen-bond donors (Lipinski definition) is 2. The maximum atomic E-state index is 11.9. The van der Waals surface area contributed by atoms with Crippen LogP contribution in [0.2, 0.25) is 0 Å². The Hall–Kier alpha value is -3.14. The Morgan fingerprint density at radius 2 is 1.88 bits per heavy atom. The van der Waals surface area contributed by atoms with Gasteiger partial charge in [-0.25, -0.2) is 13.2 Å². The molecule has 2 aromatic rings. The predicted molar refractivity (Wildman–Crippen MR) is 89.6 cm³/mol. The van der Waals surface area contributed by atoms with Crippen molar-refractivity contribution >= 4 is 27.6 Å². The first-order valence-corrected chi connectivity index (χ1v) is 9.37. The quantitative estimate of drug-likeness (QED) is 0.549. The monoisotopic (exact) mass is 380 g/mol. The zero-order valence-electron chi connectivity index (χ0n) is 13.7. The second-order valence-electron chi connectivity index (χ2n) is 5.33. The Bertz CT molecular complexity index is 904. The maximum absolute atomic E-state index is 11.9. The number of rotatable bonds is 6. The van der Waals surface area contributed by atoms with Crippen LogP contribution in [0.1, 0.15) is 26.5 Å². The van der Waals surface area contributed by atoms with E-state index >= 15 is 0 Å². The molecule has 1 aromatic heterocycles. The molecule has 0 unspecified atom stereocenters. The molecule has 1 heterocycles. The lowest BCUT2D eigenvalue weighted by molar-refractivity contribution is -0.125. The van der Waals surface area contributed by atoms with E-state index in [0.717, 1.165) is 6.26 Å². The minimum atomic E-state index is -3.24. The zero-order chi connectivity index (χ0) is 19.2. The lowest BCUT2D eigenvalue weighted by Crippen LogP contribution is -2.43. The van der Waals surface area contributed by atoms with E-state index in [1.807, 2.05) is 0 Å². The minimum absolute atomic E-state index is 0.00462. The van der Waals surface area contributed by atoms with E-state index in [4.69, 9.17) is 9.15 Å². The molecule has 0 fully saturated rings. The average Bonchev–Trinajstić information content (AvgIpc) is 3.11. The molecule has 26 heavy (non-hydrogen) atoms. The Labute approximate surface area is 149 Å². The summed E-state index contributed by atoms with van der Waals surface area (Å²) in [6.07, 6.45) is 2.38. The van der Waals surface area contributed by atoms with Gasteiger partial charge in [0.05, 0.1) is 17.6 Å². The van der Waals surface area contributed by atoms with Gasteiger partial charge in [0.25, 0.3) is 5.91 Å². The molecule has 0 radical (unpaired) electrons. The molecule has 2 rings (SSSR count). The van der Waals surface area contributed by atoms with Gasteiger partial charge in [0.2, 0.25) is 0 Å². The van der Waals surface area contributed by atoms with Crippen molar-refractivity contribution < 1.29 is 32.0 Å². The highest BCUT2D eigenvalue weighted by Gasteiger charge is 2.14. The van der Waals surface area contributed by atoms with Crippen LogP contribution in [0.5, 0.6) is 0 Å². The first kappa shape index (κ1) is 19.2. The molecule has 10 heteroatoms. The third kappa shape index (κ3) is 6.06. The summed E-state index contributed by atoms with van der Waals surface area (Å²) in [6, 6.07) is 8.81. The molecular formula is C16H16N2O7S. The average molecular weight is 380 g/mol. The van der Waals surface area contributed by atoms with Gasteiger partial charge >= 0.3 is 11.9 Å². The van der Waals surface area contributed by atoms with Gasteiger partial charge < -0.3 is 9.15 Å².